The molecule has 0 unspecified atom stereocenters. The van der Waals surface area contributed by atoms with Crippen molar-refractivity contribution in [2.24, 2.45) is 0 Å². The molecule has 5 nitrogen and oxygen atoms in total. The van der Waals surface area contributed by atoms with Gasteiger partial charge in [-0.05, 0) is 43.2 Å². The van der Waals surface area contributed by atoms with Crippen molar-refractivity contribution < 1.29 is 14.3 Å². The Morgan fingerprint density at radius 2 is 1.76 bits per heavy atom. The monoisotopic (exact) mass is 416 g/mol. The smallest absolute Gasteiger partial charge is 0.259 e. The average molecular weight is 417 g/mol. The molecule has 2 amide bonds. The molecule has 0 aromatic heterocycles. The maximum atomic E-state index is 12.8. The Labute approximate surface area is 177 Å². The topological polar surface area (TPSA) is 67.4 Å². The lowest BCUT2D eigenvalue weighted by molar-refractivity contribution is -0.116. The van der Waals surface area contributed by atoms with E-state index in [2.05, 4.69) is 17.6 Å². The third kappa shape index (κ3) is 7.42. The van der Waals surface area contributed by atoms with Gasteiger partial charge in [-0.25, -0.2) is 0 Å². The summed E-state index contributed by atoms with van der Waals surface area (Å²) in [5.41, 5.74) is 1.46. The Kier molecular flexibility index (Phi) is 9.51. The molecule has 0 aliphatic heterocycles. The first-order chi connectivity index (χ1) is 14.0. The number of nitrogens with one attached hydrogen (secondary N) is 2. The van der Waals surface area contributed by atoms with E-state index in [1.54, 1.807) is 36.4 Å². The number of anilines is 2. The van der Waals surface area contributed by atoms with Crippen LogP contribution in [0.4, 0.5) is 11.4 Å². The maximum absolute atomic E-state index is 12.8. The van der Waals surface area contributed by atoms with Gasteiger partial charge in [-0.15, -0.1) is 0 Å². The molecule has 156 valence electrons. The number of hydrogen-bond donors (Lipinski definition) is 2. The van der Waals surface area contributed by atoms with E-state index in [-0.39, 0.29) is 11.8 Å². The second-order valence-corrected chi connectivity index (χ2v) is 7.26. The van der Waals surface area contributed by atoms with Crippen LogP contribution in [0.15, 0.2) is 42.5 Å². The third-order valence-corrected chi connectivity index (χ3v) is 4.69. The van der Waals surface area contributed by atoms with Crippen molar-refractivity contribution >= 4 is 34.8 Å². The lowest BCUT2D eigenvalue weighted by atomic mass is 10.1. The summed E-state index contributed by atoms with van der Waals surface area (Å²) in [6.07, 6.45) is 5.60. The number of benzene rings is 2. The van der Waals surface area contributed by atoms with Crippen LogP contribution >= 0.6 is 11.6 Å². The minimum atomic E-state index is -0.312. The number of unbranched alkanes of at least 4 members (excludes halogenated alkanes) is 3. The van der Waals surface area contributed by atoms with E-state index in [0.29, 0.717) is 40.7 Å². The summed E-state index contributed by atoms with van der Waals surface area (Å²) in [6.45, 7) is 4.68. The van der Waals surface area contributed by atoms with Crippen LogP contribution in [0.2, 0.25) is 5.02 Å². The van der Waals surface area contributed by atoms with Gasteiger partial charge in [-0.1, -0.05) is 56.8 Å². The van der Waals surface area contributed by atoms with Gasteiger partial charge in [-0.2, -0.15) is 0 Å². The average Bonchev–Trinajstić information content (AvgIpc) is 2.71. The van der Waals surface area contributed by atoms with Gasteiger partial charge in [0.15, 0.2) is 0 Å². The number of amides is 2. The lowest BCUT2D eigenvalue weighted by Gasteiger charge is -2.13. The molecule has 0 saturated heterocycles. The van der Waals surface area contributed by atoms with Crippen LogP contribution in [0.1, 0.15) is 62.7 Å². The number of hydrogen-bond acceptors (Lipinski definition) is 3. The van der Waals surface area contributed by atoms with E-state index in [0.717, 1.165) is 25.7 Å². The molecule has 0 heterocycles. The molecule has 0 fully saturated rings. The Morgan fingerprint density at radius 3 is 2.52 bits per heavy atom. The summed E-state index contributed by atoms with van der Waals surface area (Å²) in [5.74, 6) is 0.159. The number of para-hydroxylation sites is 1. The lowest BCUT2D eigenvalue weighted by Crippen LogP contribution is -2.15. The number of halogens is 1. The van der Waals surface area contributed by atoms with Gasteiger partial charge in [-0.3, -0.25) is 9.59 Å². The highest BCUT2D eigenvalue weighted by Gasteiger charge is 2.14. The molecular weight excluding hydrogens is 388 g/mol. The summed E-state index contributed by atoms with van der Waals surface area (Å²) >= 11 is 6.24. The number of carbonyl (C=O) groups excluding carboxylic acids is 2. The Bertz CT molecular complexity index is 824. The third-order valence-electron chi connectivity index (χ3n) is 4.36. The van der Waals surface area contributed by atoms with E-state index >= 15 is 0 Å². The maximum Gasteiger partial charge on any atom is 0.259 e. The number of carbonyl (C=O) groups is 2. The van der Waals surface area contributed by atoms with Gasteiger partial charge >= 0.3 is 0 Å². The van der Waals surface area contributed by atoms with Gasteiger partial charge in [0.25, 0.3) is 5.91 Å². The minimum Gasteiger partial charge on any atom is -0.493 e. The predicted octanol–water partition coefficient (Wildman–Crippen LogP) is 6.29. The number of rotatable bonds is 11. The van der Waals surface area contributed by atoms with E-state index in [1.807, 2.05) is 13.0 Å². The van der Waals surface area contributed by atoms with Crippen molar-refractivity contribution in [3.8, 4) is 5.75 Å². The second kappa shape index (κ2) is 12.1. The van der Waals surface area contributed by atoms with E-state index in [1.165, 1.54) is 6.42 Å². The summed E-state index contributed by atoms with van der Waals surface area (Å²) in [4.78, 5) is 24.6. The molecule has 0 bridgehead atoms. The molecule has 0 radical (unpaired) electrons. The fourth-order valence-corrected chi connectivity index (χ4v) is 2.99. The van der Waals surface area contributed by atoms with Crippen LogP contribution < -0.4 is 15.4 Å². The molecule has 29 heavy (non-hydrogen) atoms. The van der Waals surface area contributed by atoms with Crippen molar-refractivity contribution in [2.75, 3.05) is 17.2 Å². The molecule has 2 aromatic rings. The molecular formula is C23H29ClN2O3. The van der Waals surface area contributed by atoms with Crippen molar-refractivity contribution in [1.29, 1.82) is 0 Å². The Hall–Kier alpha value is -2.53. The van der Waals surface area contributed by atoms with Gasteiger partial charge in [0.2, 0.25) is 5.91 Å². The minimum absolute atomic E-state index is 0.0751. The van der Waals surface area contributed by atoms with Crippen molar-refractivity contribution in [1.82, 2.24) is 0 Å². The summed E-state index contributed by atoms with van der Waals surface area (Å²) < 4.78 is 5.83. The summed E-state index contributed by atoms with van der Waals surface area (Å²) in [6, 6.07) is 12.2. The molecule has 2 N–H and O–H groups in total. The molecule has 0 saturated carbocycles. The first-order valence-electron chi connectivity index (χ1n) is 10.2. The Balaban J connectivity index is 2.07. The fraction of sp³-hybridized carbons (Fsp3) is 0.391. The molecule has 0 atom stereocenters. The van der Waals surface area contributed by atoms with E-state index < -0.39 is 0 Å². The molecule has 2 aromatic carbocycles. The second-order valence-electron chi connectivity index (χ2n) is 6.85. The van der Waals surface area contributed by atoms with Crippen LogP contribution in [0.25, 0.3) is 0 Å². The fourth-order valence-electron chi connectivity index (χ4n) is 2.83. The molecule has 6 heteroatoms. The molecule has 0 spiro atoms. The van der Waals surface area contributed by atoms with Crippen molar-refractivity contribution in [2.45, 2.75) is 52.4 Å². The number of ether oxygens (including phenoxy) is 1. The van der Waals surface area contributed by atoms with Crippen molar-refractivity contribution in [3.05, 3.63) is 53.1 Å². The highest BCUT2D eigenvalue weighted by atomic mass is 35.5. The van der Waals surface area contributed by atoms with Gasteiger partial charge < -0.3 is 15.4 Å². The van der Waals surface area contributed by atoms with Crippen LogP contribution in [0, 0.1) is 0 Å². The first-order valence-corrected chi connectivity index (χ1v) is 10.6. The summed E-state index contributed by atoms with van der Waals surface area (Å²) in [7, 11) is 0. The van der Waals surface area contributed by atoms with Gasteiger partial charge in [0.1, 0.15) is 5.75 Å². The SMILES string of the molecule is CCCCCCOc1ccccc1C(=O)Nc1cc(NC(=O)CCC)ccc1Cl. The van der Waals surface area contributed by atoms with Gasteiger partial charge in [0, 0.05) is 12.1 Å². The normalized spacial score (nSPS) is 10.4. The highest BCUT2D eigenvalue weighted by Crippen LogP contribution is 2.27. The largest absolute Gasteiger partial charge is 0.493 e. The highest BCUT2D eigenvalue weighted by molar-refractivity contribution is 6.34. The van der Waals surface area contributed by atoms with Crippen LogP contribution in [-0.4, -0.2) is 18.4 Å². The van der Waals surface area contributed by atoms with Crippen LogP contribution in [0.3, 0.4) is 0 Å². The molecule has 2 rings (SSSR count). The zero-order valence-corrected chi connectivity index (χ0v) is 17.8. The zero-order chi connectivity index (χ0) is 21.1. The van der Waals surface area contributed by atoms with E-state index in [9.17, 15) is 9.59 Å². The quantitative estimate of drug-likeness (QED) is 0.423. The zero-order valence-electron chi connectivity index (χ0n) is 17.1. The summed E-state index contributed by atoms with van der Waals surface area (Å²) in [5, 5.41) is 6.02. The van der Waals surface area contributed by atoms with Crippen LogP contribution in [0.5, 0.6) is 5.75 Å². The molecule has 0 aliphatic carbocycles. The van der Waals surface area contributed by atoms with Crippen LogP contribution in [-0.2, 0) is 4.79 Å². The van der Waals surface area contributed by atoms with Crippen molar-refractivity contribution in [3.63, 3.8) is 0 Å². The Morgan fingerprint density at radius 1 is 0.966 bits per heavy atom. The van der Waals surface area contributed by atoms with Gasteiger partial charge in [0.05, 0.1) is 22.9 Å². The standard InChI is InChI=1S/C23H29ClN2O3/c1-3-5-6-9-15-29-21-12-8-7-11-18(21)23(28)26-20-16-17(13-14-19(20)24)25-22(27)10-4-2/h7-8,11-14,16H,3-6,9-10,15H2,1-2H3,(H,25,27)(H,26,28). The van der Waals surface area contributed by atoms with E-state index in [4.69, 9.17) is 16.3 Å². The predicted molar refractivity (Wildman–Crippen MR) is 119 cm³/mol. The first kappa shape index (κ1) is 22.8. The molecule has 0 aliphatic rings.